The summed E-state index contributed by atoms with van der Waals surface area (Å²) >= 11 is 6.18. The fourth-order valence-electron chi connectivity index (χ4n) is 4.41. The molecule has 1 amide bonds. The molecule has 1 aliphatic carbocycles. The van der Waals surface area contributed by atoms with E-state index in [9.17, 15) is 32.3 Å². The normalized spacial score (nSPS) is 17.8. The molecule has 0 radical (unpaired) electrons. The second-order valence-electron chi connectivity index (χ2n) is 8.34. The third-order valence-corrected chi connectivity index (χ3v) is 6.50. The molecule has 2 atom stereocenters. The van der Waals surface area contributed by atoms with Gasteiger partial charge in [-0.15, -0.1) is 0 Å². The van der Waals surface area contributed by atoms with E-state index in [1.165, 1.54) is 31.2 Å². The number of rotatable bonds is 4. The van der Waals surface area contributed by atoms with Crippen LogP contribution in [0.25, 0.3) is 10.8 Å². The van der Waals surface area contributed by atoms with Crippen LogP contribution < -0.4 is 10.9 Å². The topological polar surface area (TPSA) is 92.4 Å². The summed E-state index contributed by atoms with van der Waals surface area (Å²) in [6.07, 6.45) is -5.49. The molecule has 0 bridgehead atoms. The summed E-state index contributed by atoms with van der Waals surface area (Å²) in [5.41, 5.74) is -3.94. The second-order valence-corrected chi connectivity index (χ2v) is 8.75. The molecule has 3 aromatic rings. The lowest BCUT2D eigenvalue weighted by atomic mass is 9.76. The Morgan fingerprint density at radius 3 is 2.71 bits per heavy atom. The molecule has 0 fully saturated rings. The molecule has 6 nitrogen and oxygen atoms in total. The van der Waals surface area contributed by atoms with E-state index in [1.54, 1.807) is 0 Å². The highest BCUT2D eigenvalue weighted by molar-refractivity contribution is 6.31. The highest BCUT2D eigenvalue weighted by atomic mass is 35.5. The van der Waals surface area contributed by atoms with Crippen LogP contribution in [-0.2, 0) is 11.2 Å². The number of amides is 1. The van der Waals surface area contributed by atoms with Crippen molar-refractivity contribution in [1.29, 1.82) is 0 Å². The number of anilines is 1. The number of nitrogens with zero attached hydrogens (tertiary/aromatic N) is 1. The number of hydrogen-bond acceptors (Lipinski definition) is 5. The maximum Gasteiger partial charge on any atom is 0.426 e. The molecule has 0 spiro atoms. The molecule has 1 aliphatic rings. The summed E-state index contributed by atoms with van der Waals surface area (Å²) in [6, 6.07) is 6.16. The highest BCUT2D eigenvalue weighted by Gasteiger charge is 2.60. The zero-order valence-electron chi connectivity index (χ0n) is 17.8. The second kappa shape index (κ2) is 8.66. The lowest BCUT2D eigenvalue weighted by Gasteiger charge is -2.35. The molecule has 11 heteroatoms. The van der Waals surface area contributed by atoms with Crippen LogP contribution in [0, 0.1) is 12.7 Å². The third kappa shape index (κ3) is 4.16. The number of hydrogen-bond donors (Lipinski definition) is 2. The van der Waals surface area contributed by atoms with E-state index in [-0.39, 0.29) is 44.7 Å². The SMILES string of the molecule is Cc1noc(=O)c2ccc(NC(=O)C(O)(CC3CCCc4c(F)ccc(Cl)c43)C(F)(F)F)cc12. The lowest BCUT2D eigenvalue weighted by molar-refractivity contribution is -0.252. The van der Waals surface area contributed by atoms with Gasteiger partial charge in [0.2, 0.25) is 5.60 Å². The fourth-order valence-corrected chi connectivity index (χ4v) is 4.75. The highest BCUT2D eigenvalue weighted by Crippen LogP contribution is 2.46. The molecule has 0 saturated heterocycles. The first-order chi connectivity index (χ1) is 15.9. The van der Waals surface area contributed by atoms with Gasteiger partial charge in [0.1, 0.15) is 5.82 Å². The summed E-state index contributed by atoms with van der Waals surface area (Å²) in [5.74, 6) is -3.28. The van der Waals surface area contributed by atoms with Gasteiger partial charge in [-0.25, -0.2) is 9.18 Å². The van der Waals surface area contributed by atoms with E-state index in [0.717, 1.165) is 6.07 Å². The minimum absolute atomic E-state index is 0.0798. The maximum absolute atomic E-state index is 14.3. The average molecular weight is 499 g/mol. The number of carbonyl (C=O) groups is 1. The van der Waals surface area contributed by atoms with Crippen molar-refractivity contribution in [3.8, 4) is 0 Å². The first-order valence-corrected chi connectivity index (χ1v) is 10.8. The molecule has 2 unspecified atom stereocenters. The Morgan fingerprint density at radius 2 is 2.00 bits per heavy atom. The Hall–Kier alpha value is -2.98. The van der Waals surface area contributed by atoms with Crippen molar-refractivity contribution in [3.63, 3.8) is 0 Å². The van der Waals surface area contributed by atoms with Crippen molar-refractivity contribution in [2.24, 2.45) is 0 Å². The zero-order valence-corrected chi connectivity index (χ0v) is 18.6. The van der Waals surface area contributed by atoms with Crippen molar-refractivity contribution in [3.05, 3.63) is 68.4 Å². The van der Waals surface area contributed by atoms with Crippen LogP contribution in [0.15, 0.2) is 39.6 Å². The molecule has 0 saturated carbocycles. The number of aromatic nitrogens is 1. The lowest BCUT2D eigenvalue weighted by Crippen LogP contribution is -2.55. The molecule has 0 aliphatic heterocycles. The average Bonchev–Trinajstić information content (AvgIpc) is 2.78. The summed E-state index contributed by atoms with van der Waals surface area (Å²) in [4.78, 5) is 24.6. The molecule has 1 aromatic heterocycles. The third-order valence-electron chi connectivity index (χ3n) is 6.17. The van der Waals surface area contributed by atoms with Gasteiger partial charge in [-0.2, -0.15) is 13.2 Å². The zero-order chi connectivity index (χ0) is 24.8. The van der Waals surface area contributed by atoms with Gasteiger partial charge >= 0.3 is 11.8 Å². The molecule has 2 N–H and O–H groups in total. The fraction of sp³-hybridized carbons (Fsp3) is 0.348. The number of carbonyl (C=O) groups excluding carboxylic acids is 1. The number of halogens is 5. The first-order valence-electron chi connectivity index (χ1n) is 10.4. The number of aliphatic hydroxyl groups is 1. The number of nitrogens with one attached hydrogen (secondary N) is 1. The van der Waals surface area contributed by atoms with Crippen molar-refractivity contribution < 1.29 is 32.0 Å². The Balaban J connectivity index is 1.69. The van der Waals surface area contributed by atoms with Crippen molar-refractivity contribution >= 4 is 34.0 Å². The molecular formula is C23H19ClF4N2O4. The number of aryl methyl sites for hydroxylation is 1. The molecule has 34 heavy (non-hydrogen) atoms. The minimum Gasteiger partial charge on any atom is -0.373 e. The number of alkyl halides is 3. The summed E-state index contributed by atoms with van der Waals surface area (Å²) in [7, 11) is 0. The van der Waals surface area contributed by atoms with Crippen LogP contribution in [0.5, 0.6) is 0 Å². The Labute approximate surface area is 195 Å². The van der Waals surface area contributed by atoms with Crippen molar-refractivity contribution in [2.75, 3.05) is 5.32 Å². The molecule has 180 valence electrons. The van der Waals surface area contributed by atoms with E-state index in [1.807, 2.05) is 0 Å². The van der Waals surface area contributed by atoms with Crippen LogP contribution in [0.3, 0.4) is 0 Å². The van der Waals surface area contributed by atoms with Crippen LogP contribution in [-0.4, -0.2) is 27.9 Å². The first kappa shape index (κ1) is 24.2. The molecular weight excluding hydrogens is 480 g/mol. The predicted molar refractivity (Wildman–Crippen MR) is 116 cm³/mol. The van der Waals surface area contributed by atoms with Crippen LogP contribution in [0.4, 0.5) is 23.2 Å². The summed E-state index contributed by atoms with van der Waals surface area (Å²) in [6.45, 7) is 1.52. The van der Waals surface area contributed by atoms with Gasteiger partial charge in [0.15, 0.2) is 0 Å². The van der Waals surface area contributed by atoms with Gasteiger partial charge in [0, 0.05) is 22.5 Å². The molecule has 1 heterocycles. The quantitative estimate of drug-likeness (QED) is 0.492. The minimum atomic E-state index is -5.33. The number of fused-ring (bicyclic) bond motifs is 2. The van der Waals surface area contributed by atoms with E-state index < -0.39 is 41.5 Å². The largest absolute Gasteiger partial charge is 0.426 e. The van der Waals surface area contributed by atoms with Gasteiger partial charge in [-0.05, 0) is 73.6 Å². The van der Waals surface area contributed by atoms with Gasteiger partial charge in [-0.3, -0.25) is 4.79 Å². The van der Waals surface area contributed by atoms with Gasteiger partial charge < -0.3 is 14.9 Å². The smallest absolute Gasteiger partial charge is 0.373 e. The van der Waals surface area contributed by atoms with E-state index in [2.05, 4.69) is 15.0 Å². The van der Waals surface area contributed by atoms with Gasteiger partial charge in [0.05, 0.1) is 11.1 Å². The Morgan fingerprint density at radius 1 is 1.26 bits per heavy atom. The molecule has 2 aromatic carbocycles. The molecule has 4 rings (SSSR count). The van der Waals surface area contributed by atoms with Crippen molar-refractivity contribution in [1.82, 2.24) is 5.16 Å². The Bertz CT molecular complexity index is 1340. The standard InChI is InChI=1S/C23H19ClF4N2O4/c1-11-16-9-13(5-6-14(16)20(31)34-30-11)29-21(32)22(33,23(26,27)28)10-12-3-2-4-15-18(25)8-7-17(24)19(12)15/h5-9,12,33H,2-4,10H2,1H3,(H,29,32). The van der Waals surface area contributed by atoms with E-state index in [0.29, 0.717) is 12.8 Å². The predicted octanol–water partition coefficient (Wildman–Crippen LogP) is 5.03. The van der Waals surface area contributed by atoms with Gasteiger partial charge in [0.25, 0.3) is 5.91 Å². The van der Waals surface area contributed by atoms with Gasteiger partial charge in [-0.1, -0.05) is 16.8 Å². The van der Waals surface area contributed by atoms with Crippen LogP contribution >= 0.6 is 11.6 Å². The number of benzene rings is 2. The maximum atomic E-state index is 14.3. The Kier molecular flexibility index (Phi) is 6.15. The van der Waals surface area contributed by atoms with Crippen LogP contribution in [0.2, 0.25) is 5.02 Å². The van der Waals surface area contributed by atoms with Crippen molar-refractivity contribution in [2.45, 2.75) is 50.3 Å². The van der Waals surface area contributed by atoms with E-state index >= 15 is 0 Å². The monoisotopic (exact) mass is 498 g/mol. The summed E-state index contributed by atoms with van der Waals surface area (Å²) < 4.78 is 61.0. The van der Waals surface area contributed by atoms with Crippen LogP contribution in [0.1, 0.15) is 42.0 Å². The van der Waals surface area contributed by atoms with E-state index in [4.69, 9.17) is 11.6 Å². The summed E-state index contributed by atoms with van der Waals surface area (Å²) in [5, 5.41) is 16.8.